The summed E-state index contributed by atoms with van der Waals surface area (Å²) in [6, 6.07) is 3.59. The summed E-state index contributed by atoms with van der Waals surface area (Å²) in [7, 11) is 0. The van der Waals surface area contributed by atoms with Crippen molar-refractivity contribution < 1.29 is 38.5 Å². The highest BCUT2D eigenvalue weighted by Crippen LogP contribution is 2.40. The zero-order valence-electron chi connectivity index (χ0n) is 25.0. The summed E-state index contributed by atoms with van der Waals surface area (Å²) in [5.41, 5.74) is 1.53. The molecule has 1 saturated heterocycles. The molecular weight excluding hydrogens is 579 g/mol. The Morgan fingerprint density at radius 3 is 2.60 bits per heavy atom. The van der Waals surface area contributed by atoms with Gasteiger partial charge < -0.3 is 35.2 Å². The number of ether oxygens (including phenoxy) is 2. The van der Waals surface area contributed by atoms with E-state index in [1.54, 1.807) is 26.3 Å². The molecule has 2 heterocycles. The van der Waals surface area contributed by atoms with Crippen LogP contribution in [0.15, 0.2) is 23.7 Å². The van der Waals surface area contributed by atoms with Crippen molar-refractivity contribution in [1.82, 2.24) is 20.5 Å². The molecule has 236 valence electrons. The van der Waals surface area contributed by atoms with Gasteiger partial charge in [-0.05, 0) is 36.8 Å². The van der Waals surface area contributed by atoms with E-state index < -0.39 is 47.0 Å². The van der Waals surface area contributed by atoms with E-state index >= 15 is 0 Å². The molecule has 43 heavy (non-hydrogen) atoms. The van der Waals surface area contributed by atoms with Crippen LogP contribution < -0.4 is 15.4 Å². The van der Waals surface area contributed by atoms with E-state index in [1.807, 2.05) is 25.1 Å². The van der Waals surface area contributed by atoms with E-state index in [4.69, 9.17) is 14.6 Å². The van der Waals surface area contributed by atoms with E-state index in [-0.39, 0.29) is 58.8 Å². The molecule has 0 unspecified atom stereocenters. The second-order valence-corrected chi connectivity index (χ2v) is 13.0. The molecular formula is C30H41FN4O7S. The Morgan fingerprint density at radius 1 is 1.23 bits per heavy atom. The summed E-state index contributed by atoms with van der Waals surface area (Å²) < 4.78 is 25.7. The number of aliphatic hydroxyl groups is 2. The van der Waals surface area contributed by atoms with E-state index in [2.05, 4.69) is 15.6 Å². The first-order valence-electron chi connectivity index (χ1n) is 14.4. The molecule has 2 fully saturated rings. The third-order valence-corrected chi connectivity index (χ3v) is 8.58. The molecule has 11 nitrogen and oxygen atoms in total. The highest BCUT2D eigenvalue weighted by atomic mass is 32.1. The summed E-state index contributed by atoms with van der Waals surface area (Å²) >= 11 is 1.51. The molecule has 0 spiro atoms. The van der Waals surface area contributed by atoms with Crippen LogP contribution in [0.4, 0.5) is 4.39 Å². The van der Waals surface area contributed by atoms with Gasteiger partial charge in [-0.15, -0.1) is 11.3 Å². The van der Waals surface area contributed by atoms with Gasteiger partial charge in [-0.25, -0.2) is 9.37 Å². The van der Waals surface area contributed by atoms with Gasteiger partial charge in [0.1, 0.15) is 24.4 Å². The molecule has 2 aromatic rings. The van der Waals surface area contributed by atoms with Gasteiger partial charge in [-0.2, -0.15) is 0 Å². The van der Waals surface area contributed by atoms with Gasteiger partial charge in [0.25, 0.3) is 5.91 Å². The fourth-order valence-corrected chi connectivity index (χ4v) is 5.75. The highest BCUT2D eigenvalue weighted by Gasteiger charge is 2.53. The van der Waals surface area contributed by atoms with E-state index in [9.17, 15) is 23.9 Å². The predicted molar refractivity (Wildman–Crippen MR) is 158 cm³/mol. The average molecular weight is 621 g/mol. The van der Waals surface area contributed by atoms with Crippen LogP contribution in [0.3, 0.4) is 0 Å². The Hall–Kier alpha value is -3.13. The molecule has 3 amide bonds. The van der Waals surface area contributed by atoms with Gasteiger partial charge in [0.2, 0.25) is 11.8 Å². The van der Waals surface area contributed by atoms with Crippen molar-refractivity contribution in [2.24, 2.45) is 5.41 Å². The molecule has 1 aliphatic heterocycles. The Balaban J connectivity index is 1.47. The number of amides is 3. The van der Waals surface area contributed by atoms with Gasteiger partial charge in [-0.1, -0.05) is 32.9 Å². The molecule has 1 aromatic carbocycles. The number of aliphatic hydroxyl groups excluding tert-OH is 2. The predicted octanol–water partition coefficient (Wildman–Crippen LogP) is 2.12. The summed E-state index contributed by atoms with van der Waals surface area (Å²) in [4.78, 5) is 46.2. The fourth-order valence-electron chi connectivity index (χ4n) is 4.95. The van der Waals surface area contributed by atoms with Crippen LogP contribution in [0.25, 0.3) is 10.4 Å². The SMILES string of the molecule is Cc1ncsc1-c1ccc(CNC(=O)[C@@H]2C[C@@H](O)CN2C(=O)[C@@H](NC(=O)C2(F)CC2)C(C)(C)C)c(OCCOCCO)c1. The topological polar surface area (TPSA) is 150 Å². The lowest BCUT2D eigenvalue weighted by atomic mass is 9.85. The number of carbonyl (C=O) groups is 3. The number of nitrogens with zero attached hydrogens (tertiary/aromatic N) is 2. The standard InChI is InChI=1S/C30H41FN4O7S/c1-18-24(43-17-33-18)19-5-6-20(23(13-19)42-12-11-41-10-9-36)15-32-26(38)22-14-21(37)16-35(22)27(39)25(29(2,3)4)34-28(40)30(31)7-8-30/h5-6,13,17,21-22,25,36-37H,7-12,14-16H2,1-4H3,(H,32,38)(H,34,40)/t21-,22+,25-/m1/s1. The Labute approximate surface area is 254 Å². The third-order valence-electron chi connectivity index (χ3n) is 7.60. The lowest BCUT2D eigenvalue weighted by molar-refractivity contribution is -0.145. The maximum atomic E-state index is 14.4. The van der Waals surface area contributed by atoms with Crippen molar-refractivity contribution in [2.45, 2.75) is 77.4 Å². The van der Waals surface area contributed by atoms with Crippen molar-refractivity contribution in [1.29, 1.82) is 0 Å². The molecule has 4 rings (SSSR count). The molecule has 0 radical (unpaired) electrons. The number of hydrogen-bond donors (Lipinski definition) is 4. The normalized spacial score (nSPS) is 20.0. The zero-order chi connectivity index (χ0) is 31.4. The average Bonchev–Trinajstić information content (AvgIpc) is 3.37. The lowest BCUT2D eigenvalue weighted by Crippen LogP contribution is -2.59. The molecule has 1 aromatic heterocycles. The molecule has 0 bridgehead atoms. The van der Waals surface area contributed by atoms with Crippen LogP contribution in [0.2, 0.25) is 0 Å². The number of β-amino-alcohol motifs (C(OH)–C–C–N with tert-alkyl or cyclic N) is 1. The summed E-state index contributed by atoms with van der Waals surface area (Å²) in [6.07, 6.45) is -0.663. The van der Waals surface area contributed by atoms with E-state index in [0.29, 0.717) is 11.3 Å². The Morgan fingerprint density at radius 2 is 1.98 bits per heavy atom. The number of likely N-dealkylation sites (tertiary alicyclic amines) is 1. The van der Waals surface area contributed by atoms with Gasteiger partial charge >= 0.3 is 0 Å². The second-order valence-electron chi connectivity index (χ2n) is 12.1. The third kappa shape index (κ3) is 8.08. The minimum Gasteiger partial charge on any atom is -0.491 e. The number of carbonyl (C=O) groups excluding carboxylic acids is 3. The molecule has 3 atom stereocenters. The van der Waals surface area contributed by atoms with E-state index in [1.165, 1.54) is 16.2 Å². The van der Waals surface area contributed by atoms with Crippen molar-refractivity contribution >= 4 is 29.1 Å². The number of benzene rings is 1. The Kier molecular flexibility index (Phi) is 10.4. The molecule has 4 N–H and O–H groups in total. The first-order valence-corrected chi connectivity index (χ1v) is 15.3. The number of nitrogens with one attached hydrogen (secondary N) is 2. The van der Waals surface area contributed by atoms with Gasteiger partial charge in [-0.3, -0.25) is 14.4 Å². The van der Waals surface area contributed by atoms with E-state index in [0.717, 1.165) is 16.1 Å². The number of aromatic nitrogens is 1. The van der Waals surface area contributed by atoms with Crippen LogP contribution in [0, 0.1) is 12.3 Å². The highest BCUT2D eigenvalue weighted by molar-refractivity contribution is 7.13. The van der Waals surface area contributed by atoms with Gasteiger partial charge in [0.15, 0.2) is 5.67 Å². The fraction of sp³-hybridized carbons (Fsp3) is 0.600. The maximum Gasteiger partial charge on any atom is 0.258 e. The number of halogens is 1. The van der Waals surface area contributed by atoms with Crippen molar-refractivity contribution in [3.63, 3.8) is 0 Å². The van der Waals surface area contributed by atoms with Crippen molar-refractivity contribution in [3.05, 3.63) is 35.0 Å². The minimum atomic E-state index is -1.95. The summed E-state index contributed by atoms with van der Waals surface area (Å²) in [5.74, 6) is -1.30. The minimum absolute atomic E-state index is 0.0323. The molecule has 1 aliphatic carbocycles. The second kappa shape index (κ2) is 13.7. The summed E-state index contributed by atoms with van der Waals surface area (Å²) in [5, 5.41) is 24.8. The van der Waals surface area contributed by atoms with Crippen molar-refractivity contribution in [3.8, 4) is 16.2 Å². The quantitative estimate of drug-likeness (QED) is 0.249. The number of alkyl halides is 1. The smallest absolute Gasteiger partial charge is 0.258 e. The first-order chi connectivity index (χ1) is 20.3. The number of hydrogen-bond acceptors (Lipinski definition) is 9. The first kappa shape index (κ1) is 32.8. The van der Waals surface area contributed by atoms with Crippen LogP contribution in [-0.4, -0.2) is 94.6 Å². The van der Waals surface area contributed by atoms with Crippen LogP contribution in [-0.2, 0) is 25.7 Å². The molecule has 1 saturated carbocycles. The van der Waals surface area contributed by atoms with Gasteiger partial charge in [0.05, 0.1) is 42.0 Å². The number of thiazole rings is 1. The van der Waals surface area contributed by atoms with Crippen molar-refractivity contribution in [2.75, 3.05) is 33.0 Å². The molecule has 2 aliphatic rings. The Bertz CT molecular complexity index is 1310. The monoisotopic (exact) mass is 620 g/mol. The molecule has 13 heteroatoms. The van der Waals surface area contributed by atoms with Gasteiger partial charge in [0, 0.05) is 25.1 Å². The largest absolute Gasteiger partial charge is 0.491 e. The number of aryl methyl sites for hydroxylation is 1. The van der Waals surface area contributed by atoms with Crippen LogP contribution in [0.5, 0.6) is 5.75 Å². The van der Waals surface area contributed by atoms with Crippen LogP contribution >= 0.6 is 11.3 Å². The maximum absolute atomic E-state index is 14.4. The zero-order valence-corrected chi connectivity index (χ0v) is 25.8. The summed E-state index contributed by atoms with van der Waals surface area (Å²) in [6.45, 7) is 7.79. The number of rotatable bonds is 13. The lowest BCUT2D eigenvalue weighted by Gasteiger charge is -2.35. The van der Waals surface area contributed by atoms with Crippen LogP contribution in [0.1, 0.15) is 51.3 Å².